The molecule has 1 fully saturated rings. The maximum Gasteiger partial charge on any atom is 0.191 e. The smallest absolute Gasteiger partial charge is 0.191 e. The van der Waals surface area contributed by atoms with E-state index in [4.69, 9.17) is 4.74 Å². The highest BCUT2D eigenvalue weighted by Gasteiger charge is 2.20. The molecule has 1 saturated heterocycles. The van der Waals surface area contributed by atoms with Crippen molar-refractivity contribution in [2.24, 2.45) is 4.99 Å². The average Bonchev–Trinajstić information content (AvgIpc) is 2.73. The number of aliphatic imine (C=N–C) groups is 1. The number of guanidine groups is 1. The molecule has 2 N–H and O–H groups in total. The predicted octanol–water partition coefficient (Wildman–Crippen LogP) is 3.39. The Morgan fingerprint density at radius 3 is 2.42 bits per heavy atom. The number of ether oxygens (including phenoxy) is 1. The van der Waals surface area contributed by atoms with Gasteiger partial charge in [-0.25, -0.2) is 0 Å². The zero-order chi connectivity index (χ0) is 21.8. The van der Waals surface area contributed by atoms with Gasteiger partial charge in [0.2, 0.25) is 0 Å². The highest BCUT2D eigenvalue weighted by molar-refractivity contribution is 14.0. The van der Waals surface area contributed by atoms with Crippen LogP contribution in [0.1, 0.15) is 45.6 Å². The quantitative estimate of drug-likeness (QED) is 0.198. The molecule has 1 aromatic carbocycles. The van der Waals surface area contributed by atoms with Gasteiger partial charge in [0.05, 0.1) is 6.10 Å². The summed E-state index contributed by atoms with van der Waals surface area (Å²) in [6.45, 7) is 11.5. The van der Waals surface area contributed by atoms with Gasteiger partial charge in [0.15, 0.2) is 5.96 Å². The standard InChI is InChI=1S/C23H40N4O2S.HI/c1-23(2,3)30(28)18-14-26-22(24-4)25-13-8-17-29-21-11-15-27(16-12-21)19-20-9-6-5-7-10-20;/h5-7,9-10,21H,8,11-19H2,1-4H3,(H2,24,25,26);1H. The molecule has 8 heteroatoms. The van der Waals surface area contributed by atoms with E-state index < -0.39 is 10.8 Å². The molecule has 1 unspecified atom stereocenters. The van der Waals surface area contributed by atoms with Crippen molar-refractivity contribution in [2.75, 3.05) is 45.6 Å². The van der Waals surface area contributed by atoms with Crippen molar-refractivity contribution in [2.45, 2.75) is 57.4 Å². The summed E-state index contributed by atoms with van der Waals surface area (Å²) in [5.74, 6) is 1.38. The van der Waals surface area contributed by atoms with Crippen LogP contribution in [0.3, 0.4) is 0 Å². The Balaban J connectivity index is 0.00000480. The first-order valence-electron chi connectivity index (χ1n) is 11.1. The van der Waals surface area contributed by atoms with Crippen LogP contribution in [0.15, 0.2) is 35.3 Å². The Morgan fingerprint density at radius 2 is 1.81 bits per heavy atom. The van der Waals surface area contributed by atoms with Gasteiger partial charge in [0.25, 0.3) is 0 Å². The fourth-order valence-electron chi connectivity index (χ4n) is 3.39. The van der Waals surface area contributed by atoms with Gasteiger partial charge < -0.3 is 15.4 Å². The third-order valence-corrected chi connectivity index (χ3v) is 7.18. The van der Waals surface area contributed by atoms with Crippen molar-refractivity contribution in [1.82, 2.24) is 15.5 Å². The second-order valence-corrected chi connectivity index (χ2v) is 11.1. The molecule has 0 amide bonds. The Morgan fingerprint density at radius 1 is 1.16 bits per heavy atom. The molecule has 1 aliphatic heterocycles. The van der Waals surface area contributed by atoms with E-state index in [0.29, 0.717) is 18.4 Å². The lowest BCUT2D eigenvalue weighted by atomic mass is 10.1. The van der Waals surface area contributed by atoms with Crippen LogP contribution in [0.5, 0.6) is 0 Å². The lowest BCUT2D eigenvalue weighted by Gasteiger charge is -2.32. The van der Waals surface area contributed by atoms with E-state index in [1.54, 1.807) is 7.05 Å². The molecule has 0 bridgehead atoms. The molecular formula is C23H41IN4O2S. The Hall–Kier alpha value is -0.710. The van der Waals surface area contributed by atoms with Crippen LogP contribution in [0, 0.1) is 0 Å². The molecule has 6 nitrogen and oxygen atoms in total. The van der Waals surface area contributed by atoms with Gasteiger partial charge in [-0.3, -0.25) is 14.1 Å². The summed E-state index contributed by atoms with van der Waals surface area (Å²) in [5, 5.41) is 6.54. The molecule has 0 radical (unpaired) electrons. The van der Waals surface area contributed by atoms with Crippen LogP contribution in [-0.2, 0) is 22.1 Å². The molecule has 0 spiro atoms. The van der Waals surface area contributed by atoms with Gasteiger partial charge in [-0.2, -0.15) is 0 Å². The van der Waals surface area contributed by atoms with Crippen LogP contribution in [-0.4, -0.2) is 71.5 Å². The third kappa shape index (κ3) is 11.6. The molecule has 2 rings (SSSR count). The van der Waals surface area contributed by atoms with Crippen LogP contribution in [0.4, 0.5) is 0 Å². The number of hydrogen-bond donors (Lipinski definition) is 2. The molecule has 1 aromatic rings. The number of nitrogens with zero attached hydrogens (tertiary/aromatic N) is 2. The number of halogens is 1. The second kappa shape index (κ2) is 15.2. The highest BCUT2D eigenvalue weighted by atomic mass is 127. The molecule has 0 aliphatic carbocycles. The van der Waals surface area contributed by atoms with E-state index >= 15 is 0 Å². The zero-order valence-corrected chi connectivity index (χ0v) is 22.7. The topological polar surface area (TPSA) is 66.0 Å². The SMILES string of the molecule is CN=C(NCCCOC1CCN(Cc2ccccc2)CC1)NCCS(=O)C(C)(C)C.I. The van der Waals surface area contributed by atoms with Crippen molar-refractivity contribution in [1.29, 1.82) is 0 Å². The van der Waals surface area contributed by atoms with Crippen LogP contribution >= 0.6 is 24.0 Å². The van der Waals surface area contributed by atoms with E-state index in [1.807, 2.05) is 20.8 Å². The fourth-order valence-corrected chi connectivity index (χ4v) is 4.29. The van der Waals surface area contributed by atoms with Gasteiger partial charge in [-0.15, -0.1) is 24.0 Å². The van der Waals surface area contributed by atoms with E-state index in [2.05, 4.69) is 50.9 Å². The molecule has 1 heterocycles. The largest absolute Gasteiger partial charge is 0.378 e. The van der Waals surface area contributed by atoms with Gasteiger partial charge in [0.1, 0.15) is 0 Å². The Labute approximate surface area is 208 Å². The van der Waals surface area contributed by atoms with Crippen molar-refractivity contribution in [3.05, 3.63) is 35.9 Å². The minimum absolute atomic E-state index is 0. The first kappa shape index (κ1) is 28.3. The summed E-state index contributed by atoms with van der Waals surface area (Å²) in [5.41, 5.74) is 1.38. The van der Waals surface area contributed by atoms with E-state index in [0.717, 1.165) is 58.0 Å². The normalized spacial score (nSPS) is 17.1. The molecule has 1 atom stereocenters. The number of hydrogen-bond acceptors (Lipinski definition) is 4. The summed E-state index contributed by atoms with van der Waals surface area (Å²) in [4.78, 5) is 6.74. The van der Waals surface area contributed by atoms with Gasteiger partial charge in [-0.05, 0) is 45.6 Å². The lowest BCUT2D eigenvalue weighted by Crippen LogP contribution is -2.41. The highest BCUT2D eigenvalue weighted by Crippen LogP contribution is 2.16. The monoisotopic (exact) mass is 564 g/mol. The Bertz CT molecular complexity index is 659. The van der Waals surface area contributed by atoms with Gasteiger partial charge in [0, 0.05) is 67.7 Å². The van der Waals surface area contributed by atoms with Crippen LogP contribution in [0.2, 0.25) is 0 Å². The molecule has 0 saturated carbocycles. The maximum absolute atomic E-state index is 12.1. The molecule has 0 aromatic heterocycles. The number of rotatable bonds is 10. The van der Waals surface area contributed by atoms with E-state index in [1.165, 1.54) is 5.56 Å². The van der Waals surface area contributed by atoms with Crippen molar-refractivity contribution in [3.63, 3.8) is 0 Å². The number of benzene rings is 1. The summed E-state index contributed by atoms with van der Waals surface area (Å²) >= 11 is 0. The van der Waals surface area contributed by atoms with Crippen molar-refractivity contribution in [3.8, 4) is 0 Å². The Kier molecular flexibility index (Phi) is 13.9. The lowest BCUT2D eigenvalue weighted by molar-refractivity contribution is 0.00534. The number of likely N-dealkylation sites (tertiary alicyclic amines) is 1. The molecular weight excluding hydrogens is 523 g/mol. The summed E-state index contributed by atoms with van der Waals surface area (Å²) in [7, 11) is 0.909. The summed E-state index contributed by atoms with van der Waals surface area (Å²) in [6.07, 6.45) is 3.53. The molecule has 1 aliphatic rings. The summed E-state index contributed by atoms with van der Waals surface area (Å²) in [6, 6.07) is 10.7. The minimum atomic E-state index is -0.851. The molecule has 178 valence electrons. The number of piperidine rings is 1. The maximum atomic E-state index is 12.1. The average molecular weight is 565 g/mol. The van der Waals surface area contributed by atoms with Crippen LogP contribution in [0.25, 0.3) is 0 Å². The minimum Gasteiger partial charge on any atom is -0.378 e. The van der Waals surface area contributed by atoms with E-state index in [-0.39, 0.29) is 28.7 Å². The van der Waals surface area contributed by atoms with Crippen LogP contribution < -0.4 is 10.6 Å². The first-order chi connectivity index (χ1) is 14.4. The van der Waals surface area contributed by atoms with Crippen molar-refractivity contribution >= 4 is 40.7 Å². The number of nitrogens with one attached hydrogen (secondary N) is 2. The fraction of sp³-hybridized carbons (Fsp3) is 0.696. The van der Waals surface area contributed by atoms with Gasteiger partial charge >= 0.3 is 0 Å². The van der Waals surface area contributed by atoms with Gasteiger partial charge in [-0.1, -0.05) is 30.3 Å². The third-order valence-electron chi connectivity index (χ3n) is 5.24. The van der Waals surface area contributed by atoms with Crippen molar-refractivity contribution < 1.29 is 8.95 Å². The molecule has 31 heavy (non-hydrogen) atoms. The zero-order valence-electron chi connectivity index (χ0n) is 19.6. The predicted molar refractivity (Wildman–Crippen MR) is 143 cm³/mol. The summed E-state index contributed by atoms with van der Waals surface area (Å²) < 4.78 is 18.0. The van der Waals surface area contributed by atoms with E-state index in [9.17, 15) is 4.21 Å². The second-order valence-electron chi connectivity index (χ2n) is 8.77. The first-order valence-corrected chi connectivity index (χ1v) is 12.4.